The van der Waals surface area contributed by atoms with Gasteiger partial charge in [-0.05, 0) is 36.2 Å². The number of ether oxygens (including phenoxy) is 1. The minimum Gasteiger partial charge on any atom is -0.497 e. The third-order valence-electron chi connectivity index (χ3n) is 3.98. The zero-order valence-corrected chi connectivity index (χ0v) is 12.2. The number of anilines is 1. The predicted molar refractivity (Wildman–Crippen MR) is 84.3 cm³/mol. The molecule has 0 radical (unpaired) electrons. The van der Waals surface area contributed by atoms with Gasteiger partial charge in [-0.3, -0.25) is 4.79 Å². The van der Waals surface area contributed by atoms with E-state index in [0.717, 1.165) is 36.5 Å². The summed E-state index contributed by atoms with van der Waals surface area (Å²) in [7, 11) is 1.68. The lowest BCUT2D eigenvalue weighted by Gasteiger charge is -2.30. The molecule has 0 atom stereocenters. The molecular weight excluding hydrogens is 262 g/mol. The molecular formula is C18H19NO2. The van der Waals surface area contributed by atoms with Crippen LogP contribution in [-0.2, 0) is 6.42 Å². The minimum absolute atomic E-state index is 0.256. The molecule has 3 heteroatoms. The molecule has 0 saturated heterocycles. The van der Waals surface area contributed by atoms with Gasteiger partial charge in [0.25, 0.3) is 0 Å². The number of para-hydroxylation sites is 1. The van der Waals surface area contributed by atoms with Crippen LogP contribution in [-0.4, -0.2) is 26.0 Å². The number of ketones is 1. The van der Waals surface area contributed by atoms with Crippen molar-refractivity contribution in [2.45, 2.75) is 12.8 Å². The summed E-state index contributed by atoms with van der Waals surface area (Å²) < 4.78 is 5.17. The Bertz CT molecular complexity index is 634. The van der Waals surface area contributed by atoms with Crippen molar-refractivity contribution in [1.82, 2.24) is 0 Å². The SMILES string of the molecule is COc1ccc(CCN2CCC(=O)c3ccccc32)cc1. The molecule has 0 fully saturated rings. The number of benzene rings is 2. The molecule has 3 nitrogen and oxygen atoms in total. The lowest BCUT2D eigenvalue weighted by molar-refractivity contribution is 0.0980. The fourth-order valence-electron chi connectivity index (χ4n) is 2.77. The van der Waals surface area contributed by atoms with E-state index in [1.807, 2.05) is 36.4 Å². The molecule has 0 bridgehead atoms. The maximum absolute atomic E-state index is 11.9. The fraction of sp³-hybridized carbons (Fsp3) is 0.278. The van der Waals surface area contributed by atoms with Gasteiger partial charge in [0, 0.05) is 30.8 Å². The molecule has 0 N–H and O–H groups in total. The lowest BCUT2D eigenvalue weighted by atomic mass is 10.00. The largest absolute Gasteiger partial charge is 0.497 e. The average Bonchev–Trinajstić information content (AvgIpc) is 2.55. The number of methoxy groups -OCH3 is 1. The summed E-state index contributed by atoms with van der Waals surface area (Å²) in [5.74, 6) is 1.14. The Balaban J connectivity index is 1.71. The molecule has 3 rings (SSSR count). The van der Waals surface area contributed by atoms with Gasteiger partial charge in [-0.15, -0.1) is 0 Å². The van der Waals surface area contributed by atoms with Crippen LogP contribution in [0.4, 0.5) is 5.69 Å². The van der Waals surface area contributed by atoms with Gasteiger partial charge < -0.3 is 9.64 Å². The molecule has 2 aromatic rings. The van der Waals surface area contributed by atoms with Gasteiger partial charge >= 0.3 is 0 Å². The number of nitrogens with zero attached hydrogens (tertiary/aromatic N) is 1. The van der Waals surface area contributed by atoms with Crippen LogP contribution < -0.4 is 9.64 Å². The molecule has 108 valence electrons. The van der Waals surface area contributed by atoms with Gasteiger partial charge in [-0.1, -0.05) is 24.3 Å². The molecule has 0 saturated carbocycles. The highest BCUT2D eigenvalue weighted by Gasteiger charge is 2.21. The third-order valence-corrected chi connectivity index (χ3v) is 3.98. The predicted octanol–water partition coefficient (Wildman–Crippen LogP) is 3.33. The summed E-state index contributed by atoms with van der Waals surface area (Å²) in [5.41, 5.74) is 3.21. The fourth-order valence-corrected chi connectivity index (χ4v) is 2.77. The maximum Gasteiger partial charge on any atom is 0.166 e. The summed E-state index contributed by atoms with van der Waals surface area (Å²) in [6, 6.07) is 16.1. The van der Waals surface area contributed by atoms with Crippen molar-refractivity contribution in [1.29, 1.82) is 0 Å². The van der Waals surface area contributed by atoms with Gasteiger partial charge in [-0.25, -0.2) is 0 Å². The second-order valence-corrected chi connectivity index (χ2v) is 5.28. The highest BCUT2D eigenvalue weighted by molar-refractivity contribution is 6.03. The molecule has 0 unspecified atom stereocenters. The molecule has 0 aromatic heterocycles. The Labute approximate surface area is 125 Å². The number of rotatable bonds is 4. The Morgan fingerprint density at radius 3 is 2.62 bits per heavy atom. The first kappa shape index (κ1) is 13.7. The van der Waals surface area contributed by atoms with Crippen LogP contribution in [0.25, 0.3) is 0 Å². The first-order valence-corrected chi connectivity index (χ1v) is 7.28. The smallest absolute Gasteiger partial charge is 0.166 e. The van der Waals surface area contributed by atoms with E-state index >= 15 is 0 Å². The van der Waals surface area contributed by atoms with Gasteiger partial charge in [0.1, 0.15) is 5.75 Å². The van der Waals surface area contributed by atoms with E-state index in [1.54, 1.807) is 7.11 Å². The lowest BCUT2D eigenvalue weighted by Crippen LogP contribution is -2.33. The van der Waals surface area contributed by atoms with Crippen LogP contribution in [0, 0.1) is 0 Å². The van der Waals surface area contributed by atoms with E-state index in [2.05, 4.69) is 17.0 Å². The zero-order chi connectivity index (χ0) is 14.7. The normalized spacial score (nSPS) is 14.0. The van der Waals surface area contributed by atoms with Crippen molar-refractivity contribution < 1.29 is 9.53 Å². The third kappa shape index (κ3) is 2.92. The summed E-state index contributed by atoms with van der Waals surface area (Å²) in [5, 5.41) is 0. The number of Topliss-reactive ketones (excluding diaryl/α,β-unsaturated/α-hetero) is 1. The molecule has 0 spiro atoms. The second-order valence-electron chi connectivity index (χ2n) is 5.28. The van der Waals surface area contributed by atoms with Crippen LogP contribution in [0.3, 0.4) is 0 Å². The van der Waals surface area contributed by atoms with E-state index in [-0.39, 0.29) is 5.78 Å². The van der Waals surface area contributed by atoms with Crippen molar-refractivity contribution in [3.63, 3.8) is 0 Å². The molecule has 0 amide bonds. The van der Waals surface area contributed by atoms with Crippen LogP contribution in [0.1, 0.15) is 22.3 Å². The van der Waals surface area contributed by atoms with Gasteiger partial charge in [0.15, 0.2) is 5.78 Å². The molecule has 21 heavy (non-hydrogen) atoms. The summed E-state index contributed by atoms with van der Waals surface area (Å²) in [6.45, 7) is 1.74. The number of hydrogen-bond acceptors (Lipinski definition) is 3. The topological polar surface area (TPSA) is 29.5 Å². The van der Waals surface area contributed by atoms with Crippen LogP contribution in [0.15, 0.2) is 48.5 Å². The van der Waals surface area contributed by atoms with E-state index in [1.165, 1.54) is 5.56 Å². The number of fused-ring (bicyclic) bond motifs is 1. The Kier molecular flexibility index (Phi) is 3.91. The quantitative estimate of drug-likeness (QED) is 0.861. The van der Waals surface area contributed by atoms with E-state index < -0.39 is 0 Å². The summed E-state index contributed by atoms with van der Waals surface area (Å²) in [6.07, 6.45) is 1.58. The highest BCUT2D eigenvalue weighted by atomic mass is 16.5. The summed E-state index contributed by atoms with van der Waals surface area (Å²) >= 11 is 0. The minimum atomic E-state index is 0.256. The monoisotopic (exact) mass is 281 g/mol. The molecule has 1 heterocycles. The van der Waals surface area contributed by atoms with E-state index in [9.17, 15) is 4.79 Å². The Morgan fingerprint density at radius 2 is 1.86 bits per heavy atom. The Hall–Kier alpha value is -2.29. The average molecular weight is 281 g/mol. The van der Waals surface area contributed by atoms with E-state index in [4.69, 9.17) is 4.74 Å². The van der Waals surface area contributed by atoms with Crippen LogP contribution in [0.2, 0.25) is 0 Å². The molecule has 0 aliphatic carbocycles. The Morgan fingerprint density at radius 1 is 1.10 bits per heavy atom. The van der Waals surface area contributed by atoms with Gasteiger partial charge in [0.2, 0.25) is 0 Å². The van der Waals surface area contributed by atoms with Gasteiger partial charge in [-0.2, -0.15) is 0 Å². The van der Waals surface area contributed by atoms with E-state index in [0.29, 0.717) is 6.42 Å². The van der Waals surface area contributed by atoms with Gasteiger partial charge in [0.05, 0.1) is 7.11 Å². The number of carbonyl (C=O) groups is 1. The van der Waals surface area contributed by atoms with Crippen molar-refractivity contribution >= 4 is 11.5 Å². The highest BCUT2D eigenvalue weighted by Crippen LogP contribution is 2.26. The van der Waals surface area contributed by atoms with Crippen molar-refractivity contribution in [3.8, 4) is 5.75 Å². The van der Waals surface area contributed by atoms with Crippen molar-refractivity contribution in [3.05, 3.63) is 59.7 Å². The first-order valence-electron chi connectivity index (χ1n) is 7.28. The summed E-state index contributed by atoms with van der Waals surface area (Å²) in [4.78, 5) is 14.2. The standard InChI is InChI=1S/C18H19NO2/c1-21-15-8-6-14(7-9-15)10-12-19-13-11-18(20)16-4-2-3-5-17(16)19/h2-9H,10-13H2,1H3. The van der Waals surface area contributed by atoms with Crippen molar-refractivity contribution in [2.75, 3.05) is 25.1 Å². The van der Waals surface area contributed by atoms with Crippen molar-refractivity contribution in [2.24, 2.45) is 0 Å². The second kappa shape index (κ2) is 6.00. The molecule has 1 aliphatic rings. The maximum atomic E-state index is 11.9. The molecule has 1 aliphatic heterocycles. The number of hydrogen-bond donors (Lipinski definition) is 0. The molecule has 2 aromatic carbocycles. The number of carbonyl (C=O) groups excluding carboxylic acids is 1. The van der Waals surface area contributed by atoms with Crippen LogP contribution in [0.5, 0.6) is 5.75 Å². The zero-order valence-electron chi connectivity index (χ0n) is 12.2. The first-order chi connectivity index (χ1) is 10.3. The van der Waals surface area contributed by atoms with Crippen LogP contribution >= 0.6 is 0 Å².